The third kappa shape index (κ3) is 5.66. The molecule has 0 saturated heterocycles. The van der Waals surface area contributed by atoms with Gasteiger partial charge in [-0.15, -0.1) is 0 Å². The van der Waals surface area contributed by atoms with E-state index in [1.807, 2.05) is 64.1 Å². The van der Waals surface area contributed by atoms with Gasteiger partial charge in [-0.05, 0) is 57.0 Å². The van der Waals surface area contributed by atoms with Crippen molar-refractivity contribution in [2.24, 2.45) is 10.2 Å². The van der Waals surface area contributed by atoms with Gasteiger partial charge >= 0.3 is 0 Å². The van der Waals surface area contributed by atoms with E-state index in [1.54, 1.807) is 12.4 Å². The van der Waals surface area contributed by atoms with Crippen LogP contribution in [-0.2, 0) is 0 Å². The van der Waals surface area contributed by atoms with Crippen LogP contribution in [0.3, 0.4) is 0 Å². The lowest BCUT2D eigenvalue weighted by Gasteiger charge is -2.02. The number of nitrogens with one attached hydrogen (secondary N) is 2. The smallest absolute Gasteiger partial charge is 0.243 e. The number of hydrogen-bond donors (Lipinski definition) is 2. The number of aryl methyl sites for hydroxylation is 4. The Hall–Kier alpha value is -3.68. The molecule has 3 aromatic rings. The molecule has 0 radical (unpaired) electrons. The zero-order valence-electron chi connectivity index (χ0n) is 16.3. The fraction of sp³-hybridized carbons (Fsp3) is 0.200. The summed E-state index contributed by atoms with van der Waals surface area (Å²) >= 11 is 0. The molecule has 0 fully saturated rings. The van der Waals surface area contributed by atoms with Gasteiger partial charge < -0.3 is 0 Å². The maximum absolute atomic E-state index is 4.29. The van der Waals surface area contributed by atoms with E-state index in [0.717, 1.165) is 33.9 Å². The van der Waals surface area contributed by atoms with Crippen molar-refractivity contribution in [3.05, 3.63) is 70.3 Å². The second-order valence-corrected chi connectivity index (χ2v) is 6.36. The molecule has 2 aromatic heterocycles. The van der Waals surface area contributed by atoms with Gasteiger partial charge in [0, 0.05) is 22.8 Å². The predicted molar refractivity (Wildman–Crippen MR) is 112 cm³/mol. The molecule has 0 amide bonds. The molecule has 0 aliphatic carbocycles. The lowest BCUT2D eigenvalue weighted by molar-refractivity contribution is 1.03. The van der Waals surface area contributed by atoms with Crippen LogP contribution in [0, 0.1) is 27.7 Å². The van der Waals surface area contributed by atoms with Crippen LogP contribution in [0.4, 0.5) is 11.9 Å². The molecule has 0 saturated carbocycles. The van der Waals surface area contributed by atoms with Crippen molar-refractivity contribution >= 4 is 24.3 Å². The van der Waals surface area contributed by atoms with E-state index < -0.39 is 0 Å². The number of hydrazone groups is 2. The first kappa shape index (κ1) is 19.1. The summed E-state index contributed by atoms with van der Waals surface area (Å²) < 4.78 is 0. The zero-order chi connectivity index (χ0) is 19.9. The van der Waals surface area contributed by atoms with Gasteiger partial charge in [-0.1, -0.05) is 18.2 Å². The molecule has 0 spiro atoms. The summed E-state index contributed by atoms with van der Waals surface area (Å²) in [5.74, 6) is 0.952. The minimum atomic E-state index is 0.476. The van der Waals surface area contributed by atoms with E-state index in [-0.39, 0.29) is 0 Å². The average molecular weight is 374 g/mol. The van der Waals surface area contributed by atoms with Gasteiger partial charge in [0.25, 0.3) is 0 Å². The standard InChI is InChI=1S/C20H22N8/c1-13-8-14(2)24-19(23-13)27-21-11-17-6-5-7-18(10-17)12-22-28-20-25-15(3)9-16(4)26-20/h5-12H,1-4H3,(H,23,24,27)(H,25,26,28)/b21-11+,22-12+. The van der Waals surface area contributed by atoms with Gasteiger partial charge in [-0.2, -0.15) is 10.2 Å². The highest BCUT2D eigenvalue weighted by atomic mass is 15.4. The van der Waals surface area contributed by atoms with Crippen molar-refractivity contribution in [3.8, 4) is 0 Å². The van der Waals surface area contributed by atoms with Crippen LogP contribution in [0.1, 0.15) is 33.9 Å². The first-order valence-corrected chi connectivity index (χ1v) is 8.81. The summed E-state index contributed by atoms with van der Waals surface area (Å²) in [6, 6.07) is 11.6. The van der Waals surface area contributed by atoms with Gasteiger partial charge in [-0.25, -0.2) is 30.8 Å². The second kappa shape index (κ2) is 8.81. The first-order valence-electron chi connectivity index (χ1n) is 8.81. The number of hydrogen-bond acceptors (Lipinski definition) is 8. The summed E-state index contributed by atoms with van der Waals surface area (Å²) in [6.07, 6.45) is 3.41. The van der Waals surface area contributed by atoms with E-state index in [1.165, 1.54) is 0 Å². The fourth-order valence-electron chi connectivity index (χ4n) is 2.60. The Labute approximate surface area is 163 Å². The Morgan fingerprint density at radius 3 is 1.43 bits per heavy atom. The average Bonchev–Trinajstić information content (AvgIpc) is 2.60. The molecule has 3 rings (SSSR count). The molecule has 142 valence electrons. The van der Waals surface area contributed by atoms with Gasteiger partial charge in [0.1, 0.15) is 0 Å². The Morgan fingerprint density at radius 1 is 0.643 bits per heavy atom. The number of aromatic nitrogens is 4. The van der Waals surface area contributed by atoms with E-state index in [9.17, 15) is 0 Å². The maximum Gasteiger partial charge on any atom is 0.243 e. The molecule has 8 heteroatoms. The summed E-state index contributed by atoms with van der Waals surface area (Å²) in [5.41, 5.74) is 11.1. The number of benzene rings is 1. The van der Waals surface area contributed by atoms with Crippen LogP contribution < -0.4 is 10.9 Å². The van der Waals surface area contributed by atoms with Crippen LogP contribution in [0.5, 0.6) is 0 Å². The zero-order valence-corrected chi connectivity index (χ0v) is 16.3. The first-order chi connectivity index (χ1) is 13.5. The second-order valence-electron chi connectivity index (χ2n) is 6.36. The molecular formula is C20H22N8. The highest BCUT2D eigenvalue weighted by Crippen LogP contribution is 2.06. The van der Waals surface area contributed by atoms with E-state index in [4.69, 9.17) is 0 Å². The molecule has 8 nitrogen and oxygen atoms in total. The lowest BCUT2D eigenvalue weighted by Crippen LogP contribution is -2.00. The molecule has 2 heterocycles. The topological polar surface area (TPSA) is 100 Å². The summed E-state index contributed by atoms with van der Waals surface area (Å²) in [7, 11) is 0. The van der Waals surface area contributed by atoms with Crippen molar-refractivity contribution in [2.45, 2.75) is 27.7 Å². The Morgan fingerprint density at radius 2 is 1.04 bits per heavy atom. The third-order valence-corrected chi connectivity index (χ3v) is 3.63. The minimum Gasteiger partial charge on any atom is -0.245 e. The number of rotatable bonds is 6. The third-order valence-electron chi connectivity index (χ3n) is 3.63. The largest absolute Gasteiger partial charge is 0.245 e. The summed E-state index contributed by atoms with van der Waals surface area (Å²) in [6.45, 7) is 7.68. The predicted octanol–water partition coefficient (Wildman–Crippen LogP) is 3.39. The van der Waals surface area contributed by atoms with Crippen molar-refractivity contribution < 1.29 is 0 Å². The van der Waals surface area contributed by atoms with E-state index >= 15 is 0 Å². The Kier molecular flexibility index (Phi) is 6.01. The SMILES string of the molecule is Cc1cc(C)nc(N/N=C/c2cccc(/C=N/Nc3nc(C)cc(C)n3)c2)n1. The van der Waals surface area contributed by atoms with Crippen LogP contribution in [0.2, 0.25) is 0 Å². The van der Waals surface area contributed by atoms with Gasteiger partial charge in [0.2, 0.25) is 11.9 Å². The van der Waals surface area contributed by atoms with Gasteiger partial charge in [-0.3, -0.25) is 0 Å². The highest BCUT2D eigenvalue weighted by molar-refractivity contribution is 5.86. The van der Waals surface area contributed by atoms with Crippen LogP contribution in [0.15, 0.2) is 46.6 Å². The molecular weight excluding hydrogens is 352 g/mol. The van der Waals surface area contributed by atoms with Crippen molar-refractivity contribution in [1.29, 1.82) is 0 Å². The Balaban J connectivity index is 1.63. The van der Waals surface area contributed by atoms with Crippen molar-refractivity contribution in [1.82, 2.24) is 19.9 Å². The molecule has 1 aromatic carbocycles. The minimum absolute atomic E-state index is 0.476. The normalized spacial score (nSPS) is 11.3. The van der Waals surface area contributed by atoms with Gasteiger partial charge in [0.05, 0.1) is 12.4 Å². The number of nitrogens with zero attached hydrogens (tertiary/aromatic N) is 6. The Bertz CT molecular complexity index is 907. The molecule has 28 heavy (non-hydrogen) atoms. The quantitative estimate of drug-likeness (QED) is 0.507. The highest BCUT2D eigenvalue weighted by Gasteiger charge is 1.98. The summed E-state index contributed by atoms with van der Waals surface area (Å²) in [5, 5.41) is 8.40. The molecule has 0 bridgehead atoms. The maximum atomic E-state index is 4.29. The van der Waals surface area contributed by atoms with Crippen LogP contribution in [0.25, 0.3) is 0 Å². The summed E-state index contributed by atoms with van der Waals surface area (Å²) in [4.78, 5) is 17.1. The van der Waals surface area contributed by atoms with Crippen molar-refractivity contribution in [3.63, 3.8) is 0 Å². The molecule has 0 atom stereocenters. The fourth-order valence-corrected chi connectivity index (χ4v) is 2.60. The van der Waals surface area contributed by atoms with Gasteiger partial charge in [0.15, 0.2) is 0 Å². The van der Waals surface area contributed by atoms with E-state index in [0.29, 0.717) is 11.9 Å². The van der Waals surface area contributed by atoms with Crippen LogP contribution in [-0.4, -0.2) is 32.4 Å². The monoisotopic (exact) mass is 374 g/mol. The van der Waals surface area contributed by atoms with Crippen LogP contribution >= 0.6 is 0 Å². The number of anilines is 2. The molecule has 0 unspecified atom stereocenters. The lowest BCUT2D eigenvalue weighted by atomic mass is 10.1. The van der Waals surface area contributed by atoms with E-state index in [2.05, 4.69) is 41.0 Å². The molecule has 0 aliphatic rings. The molecule has 0 aliphatic heterocycles. The molecule has 2 N–H and O–H groups in total. The van der Waals surface area contributed by atoms with Crippen molar-refractivity contribution in [2.75, 3.05) is 10.9 Å².